The molecule has 0 radical (unpaired) electrons. The monoisotopic (exact) mass is 560 g/mol. The molecule has 0 saturated heterocycles. The molecule has 3 rings (SSSR count). The van der Waals surface area contributed by atoms with Gasteiger partial charge in [-0.25, -0.2) is 12.1 Å². The zero-order valence-electron chi connectivity index (χ0n) is 11.7. The van der Waals surface area contributed by atoms with Crippen LogP contribution in [0.3, 0.4) is 0 Å². The van der Waals surface area contributed by atoms with E-state index in [1.54, 1.807) is 3.26 Å². The molecule has 0 fully saturated rings. The largest absolute Gasteiger partial charge is 1.00 e. The SMILES string of the molecule is C[C](C)=[Hf+2].[Br-].[Br-].c1cc[cH-]c1.c1ccc2[cH-]ccc2c1. The van der Waals surface area contributed by atoms with Gasteiger partial charge in [0.05, 0.1) is 0 Å². The van der Waals surface area contributed by atoms with Gasteiger partial charge in [-0.15, -0.1) is 29.7 Å². The summed E-state index contributed by atoms with van der Waals surface area (Å²) < 4.78 is 1.56. The molecule has 0 heterocycles. The normalized spacial score (nSPS) is 8.00. The smallest absolute Gasteiger partial charge is 0.0809 e. The summed E-state index contributed by atoms with van der Waals surface area (Å²) in [5.74, 6) is 0. The molecule has 0 bridgehead atoms. The molecular weight excluding hydrogens is 542 g/mol. The van der Waals surface area contributed by atoms with Gasteiger partial charge in [-0.1, -0.05) is 6.07 Å². The van der Waals surface area contributed by atoms with E-state index in [2.05, 4.69) is 56.3 Å². The van der Waals surface area contributed by atoms with E-state index in [4.69, 9.17) is 0 Å². The summed E-state index contributed by atoms with van der Waals surface area (Å²) in [6, 6.07) is 24.7. The van der Waals surface area contributed by atoms with Crippen molar-refractivity contribution in [3.8, 4) is 0 Å². The first kappa shape index (κ1) is 22.2. The van der Waals surface area contributed by atoms with Gasteiger partial charge >= 0.3 is 41.0 Å². The molecule has 106 valence electrons. The molecule has 0 aromatic heterocycles. The predicted octanol–water partition coefficient (Wildman–Crippen LogP) is -1.28. The molecule has 3 aromatic carbocycles. The van der Waals surface area contributed by atoms with Crippen LogP contribution >= 0.6 is 0 Å². The number of rotatable bonds is 0. The third-order valence-electron chi connectivity index (χ3n) is 2.10. The van der Waals surface area contributed by atoms with Crippen molar-refractivity contribution in [1.29, 1.82) is 0 Å². The molecule has 3 heteroatoms. The summed E-state index contributed by atoms with van der Waals surface area (Å²) in [6.07, 6.45) is 0. The summed E-state index contributed by atoms with van der Waals surface area (Å²) >= 11 is 1.27. The fraction of sp³-hybridized carbons (Fsp3) is 0.118. The summed E-state index contributed by atoms with van der Waals surface area (Å²) in [5.41, 5.74) is 0. The Morgan fingerprint density at radius 1 is 0.850 bits per heavy atom. The van der Waals surface area contributed by atoms with Crippen LogP contribution in [0.15, 0.2) is 72.8 Å². The fourth-order valence-corrected chi connectivity index (χ4v) is 1.39. The molecule has 0 N–H and O–H groups in total. The van der Waals surface area contributed by atoms with Crippen LogP contribution in [-0.4, -0.2) is 3.26 Å². The van der Waals surface area contributed by atoms with Crippen molar-refractivity contribution in [2.24, 2.45) is 0 Å². The van der Waals surface area contributed by atoms with Gasteiger partial charge in [-0.2, -0.15) is 35.7 Å². The van der Waals surface area contributed by atoms with Crippen LogP contribution in [0.2, 0.25) is 0 Å². The van der Waals surface area contributed by atoms with Crippen LogP contribution in [0.1, 0.15) is 13.8 Å². The van der Waals surface area contributed by atoms with Crippen molar-refractivity contribution in [1.82, 2.24) is 0 Å². The van der Waals surface area contributed by atoms with Gasteiger partial charge < -0.3 is 34.0 Å². The summed E-state index contributed by atoms with van der Waals surface area (Å²) in [5, 5.41) is 2.66. The first-order chi connectivity index (χ1) is 8.70. The molecule has 0 amide bonds. The molecule has 20 heavy (non-hydrogen) atoms. The van der Waals surface area contributed by atoms with Crippen molar-refractivity contribution in [3.63, 3.8) is 0 Å². The molecule has 0 aliphatic heterocycles. The minimum absolute atomic E-state index is 0. The fourth-order valence-electron chi connectivity index (χ4n) is 1.39. The van der Waals surface area contributed by atoms with Crippen LogP contribution in [0.25, 0.3) is 10.8 Å². The van der Waals surface area contributed by atoms with E-state index >= 15 is 0 Å². The predicted molar refractivity (Wildman–Crippen MR) is 77.9 cm³/mol. The standard InChI is InChI=1S/C9H7.C5H5.C3H6.2BrH.Hf/c1-2-5-9-7-3-6-8(9)4-1;1-2-4-5-3-1;1-3-2;;;/h1-7H;1-5H;1-2H3;2*1H;/q2*-1;;;;+2/p-2. The first-order valence-electron chi connectivity index (χ1n) is 5.99. The molecule has 0 aliphatic rings. The maximum atomic E-state index is 2.15. The number of hydrogen-bond donors (Lipinski definition) is 0. The zero-order chi connectivity index (χ0) is 13.2. The summed E-state index contributed by atoms with van der Waals surface area (Å²) in [4.78, 5) is 0. The topological polar surface area (TPSA) is 0 Å². The van der Waals surface area contributed by atoms with Gasteiger partial charge in [0.1, 0.15) is 0 Å². The molecule has 0 atom stereocenters. The van der Waals surface area contributed by atoms with Gasteiger partial charge in [0.2, 0.25) is 0 Å². The molecular formula is C17H18Br2Hf-2. The molecule has 0 nitrogen and oxygen atoms in total. The van der Waals surface area contributed by atoms with Gasteiger partial charge in [0.25, 0.3) is 0 Å². The van der Waals surface area contributed by atoms with Crippen molar-refractivity contribution in [3.05, 3.63) is 72.8 Å². The van der Waals surface area contributed by atoms with E-state index in [0.717, 1.165) is 0 Å². The summed E-state index contributed by atoms with van der Waals surface area (Å²) in [7, 11) is 0. The van der Waals surface area contributed by atoms with E-state index in [0.29, 0.717) is 0 Å². The second-order valence-corrected chi connectivity index (χ2v) is 7.71. The van der Waals surface area contributed by atoms with Crippen LogP contribution in [0.4, 0.5) is 0 Å². The van der Waals surface area contributed by atoms with E-state index in [1.807, 2.05) is 30.3 Å². The van der Waals surface area contributed by atoms with Gasteiger partial charge in [0.15, 0.2) is 0 Å². The summed E-state index contributed by atoms with van der Waals surface area (Å²) in [6.45, 7) is 4.29. The van der Waals surface area contributed by atoms with Gasteiger partial charge in [-0.3, -0.25) is 0 Å². The minimum atomic E-state index is 0. The van der Waals surface area contributed by atoms with Crippen LogP contribution in [0, 0.1) is 0 Å². The van der Waals surface area contributed by atoms with E-state index in [-0.39, 0.29) is 34.0 Å². The maximum Gasteiger partial charge on any atom is -0.0809 e. The average molecular weight is 561 g/mol. The number of fused-ring (bicyclic) bond motifs is 1. The van der Waals surface area contributed by atoms with Gasteiger partial charge in [-0.05, 0) is 0 Å². The Kier molecular flexibility index (Phi) is 15.3. The van der Waals surface area contributed by atoms with Crippen LogP contribution in [0.5, 0.6) is 0 Å². The van der Waals surface area contributed by atoms with E-state index in [1.165, 1.54) is 34.7 Å². The Hall–Kier alpha value is -0.120. The van der Waals surface area contributed by atoms with Crippen LogP contribution in [-0.2, 0) is 23.9 Å². The number of benzene rings is 1. The third-order valence-corrected chi connectivity index (χ3v) is 2.10. The van der Waals surface area contributed by atoms with E-state index in [9.17, 15) is 0 Å². The maximum absolute atomic E-state index is 2.15. The average Bonchev–Trinajstić information content (AvgIpc) is 3.03. The van der Waals surface area contributed by atoms with Crippen molar-refractivity contribution >= 4 is 14.0 Å². The van der Waals surface area contributed by atoms with Crippen molar-refractivity contribution in [2.75, 3.05) is 0 Å². The van der Waals surface area contributed by atoms with Crippen molar-refractivity contribution in [2.45, 2.75) is 13.8 Å². The Morgan fingerprint density at radius 3 is 1.85 bits per heavy atom. The molecule has 0 unspecified atom stereocenters. The third kappa shape index (κ3) is 10.6. The van der Waals surface area contributed by atoms with Crippen molar-refractivity contribution < 1.29 is 57.9 Å². The minimum Gasteiger partial charge on any atom is -1.00 e. The van der Waals surface area contributed by atoms with Gasteiger partial charge in [0, 0.05) is 0 Å². The molecule has 0 aliphatic carbocycles. The molecule has 0 spiro atoms. The Bertz CT molecular complexity index is 502. The second kappa shape index (κ2) is 13.8. The second-order valence-electron chi connectivity index (χ2n) is 4.12. The molecule has 0 saturated carbocycles. The first-order valence-corrected chi connectivity index (χ1v) is 7.78. The zero-order valence-corrected chi connectivity index (χ0v) is 18.4. The number of hydrogen-bond acceptors (Lipinski definition) is 0. The van der Waals surface area contributed by atoms with E-state index < -0.39 is 0 Å². The Balaban J connectivity index is 0. The number of halogens is 2. The molecule has 3 aromatic rings. The quantitative estimate of drug-likeness (QED) is 0.238. The Labute approximate surface area is 157 Å². The van der Waals surface area contributed by atoms with Crippen LogP contribution < -0.4 is 34.0 Å². The Morgan fingerprint density at radius 2 is 1.40 bits per heavy atom.